The molecule has 0 N–H and O–H groups in total. The Bertz CT molecular complexity index is 1020. The average Bonchev–Trinajstić information content (AvgIpc) is 2.79. The highest BCUT2D eigenvalue weighted by Crippen LogP contribution is 2.40. The van der Waals surface area contributed by atoms with Gasteiger partial charge in [-0.15, -0.1) is 0 Å². The lowest BCUT2D eigenvalue weighted by molar-refractivity contribution is 0.247. The third-order valence-corrected chi connectivity index (χ3v) is 4.38. The normalized spacial score (nSPS) is 10.3. The Hall–Kier alpha value is -3.72. The first-order chi connectivity index (χ1) is 14.4. The van der Waals surface area contributed by atoms with Crippen molar-refractivity contribution < 1.29 is 14.2 Å². The quantitative estimate of drug-likeness (QED) is 0.342. The van der Waals surface area contributed by atoms with Gasteiger partial charge in [0, 0.05) is 0 Å². The molecule has 144 valence electrons. The topological polar surface area (TPSA) is 27.7 Å². The molecule has 0 spiro atoms. The first kappa shape index (κ1) is 18.6. The molecule has 0 radical (unpaired) electrons. The highest BCUT2D eigenvalue weighted by atomic mass is 16.5. The molecule has 0 aromatic heterocycles. The zero-order chi connectivity index (χ0) is 19.7. The van der Waals surface area contributed by atoms with Crippen molar-refractivity contribution in [2.24, 2.45) is 0 Å². The van der Waals surface area contributed by atoms with E-state index in [1.165, 1.54) is 0 Å². The van der Waals surface area contributed by atoms with Crippen molar-refractivity contribution in [3.05, 3.63) is 120 Å². The van der Waals surface area contributed by atoms with Crippen molar-refractivity contribution >= 4 is 0 Å². The molecule has 0 aliphatic heterocycles. The van der Waals surface area contributed by atoms with E-state index >= 15 is 0 Å². The van der Waals surface area contributed by atoms with Gasteiger partial charge in [0.25, 0.3) is 0 Å². The summed E-state index contributed by atoms with van der Waals surface area (Å²) < 4.78 is 18.3. The van der Waals surface area contributed by atoms with Crippen LogP contribution in [0.5, 0.6) is 23.0 Å². The van der Waals surface area contributed by atoms with E-state index < -0.39 is 0 Å². The maximum absolute atomic E-state index is 6.16. The van der Waals surface area contributed by atoms with Crippen LogP contribution in [-0.4, -0.2) is 0 Å². The van der Waals surface area contributed by atoms with E-state index in [4.69, 9.17) is 14.2 Å². The van der Waals surface area contributed by atoms with Gasteiger partial charge in [-0.2, -0.15) is 0 Å². The maximum Gasteiger partial charge on any atom is 0.204 e. The minimum Gasteiger partial charge on any atom is -0.485 e. The monoisotopic (exact) mass is 382 g/mol. The van der Waals surface area contributed by atoms with Gasteiger partial charge in [-0.3, -0.25) is 0 Å². The molecule has 0 aliphatic carbocycles. The van der Waals surface area contributed by atoms with Crippen LogP contribution in [0.4, 0.5) is 0 Å². The molecule has 0 atom stereocenters. The smallest absolute Gasteiger partial charge is 0.204 e. The second-order valence-electron chi connectivity index (χ2n) is 6.55. The lowest BCUT2D eigenvalue weighted by atomic mass is 10.2. The highest BCUT2D eigenvalue weighted by Gasteiger charge is 2.14. The molecule has 0 amide bonds. The fourth-order valence-electron chi connectivity index (χ4n) is 2.91. The SMILES string of the molecule is c1ccc(COc2cccc(Oc3ccccc3)c2OCc2ccccc2)cc1. The third kappa shape index (κ3) is 5.17. The first-order valence-electron chi connectivity index (χ1n) is 9.58. The van der Waals surface area contributed by atoms with E-state index in [-0.39, 0.29) is 0 Å². The van der Waals surface area contributed by atoms with Crippen LogP contribution in [0.1, 0.15) is 11.1 Å². The average molecular weight is 382 g/mol. The number of rotatable bonds is 8. The van der Waals surface area contributed by atoms with Crippen molar-refractivity contribution in [1.82, 2.24) is 0 Å². The summed E-state index contributed by atoms with van der Waals surface area (Å²) in [6.07, 6.45) is 0. The minimum absolute atomic E-state index is 0.428. The Morgan fingerprint density at radius 1 is 0.448 bits per heavy atom. The van der Waals surface area contributed by atoms with Crippen LogP contribution in [0.3, 0.4) is 0 Å². The van der Waals surface area contributed by atoms with Crippen molar-refractivity contribution in [2.45, 2.75) is 13.2 Å². The Balaban J connectivity index is 1.59. The van der Waals surface area contributed by atoms with Crippen molar-refractivity contribution in [2.75, 3.05) is 0 Å². The fraction of sp³-hybridized carbons (Fsp3) is 0.0769. The van der Waals surface area contributed by atoms with E-state index in [0.717, 1.165) is 16.9 Å². The predicted molar refractivity (Wildman–Crippen MR) is 115 cm³/mol. The Morgan fingerprint density at radius 3 is 1.59 bits per heavy atom. The molecule has 3 nitrogen and oxygen atoms in total. The van der Waals surface area contributed by atoms with Crippen LogP contribution < -0.4 is 14.2 Å². The summed E-state index contributed by atoms with van der Waals surface area (Å²) >= 11 is 0. The van der Waals surface area contributed by atoms with Gasteiger partial charge in [0.1, 0.15) is 19.0 Å². The van der Waals surface area contributed by atoms with E-state index in [1.54, 1.807) is 0 Å². The Kier molecular flexibility index (Phi) is 6.08. The molecular weight excluding hydrogens is 360 g/mol. The Labute approximate surface area is 171 Å². The number of hydrogen-bond donors (Lipinski definition) is 0. The molecule has 0 saturated heterocycles. The standard InChI is InChI=1S/C26H22O3/c1-4-11-21(12-5-1)19-27-24-17-10-18-25(29-23-15-8-3-9-16-23)26(24)28-20-22-13-6-2-7-14-22/h1-18H,19-20H2. The first-order valence-corrected chi connectivity index (χ1v) is 9.58. The van der Waals surface area contributed by atoms with E-state index in [9.17, 15) is 0 Å². The molecule has 4 rings (SSSR count). The van der Waals surface area contributed by atoms with E-state index in [1.807, 2.05) is 109 Å². The lowest BCUT2D eigenvalue weighted by Crippen LogP contribution is -2.02. The minimum atomic E-state index is 0.428. The molecular formula is C26H22O3. The van der Waals surface area contributed by atoms with Gasteiger partial charge < -0.3 is 14.2 Å². The predicted octanol–water partition coefficient (Wildman–Crippen LogP) is 6.64. The third-order valence-electron chi connectivity index (χ3n) is 4.38. The molecule has 0 fully saturated rings. The van der Waals surface area contributed by atoms with E-state index in [0.29, 0.717) is 30.5 Å². The zero-order valence-corrected chi connectivity index (χ0v) is 16.0. The van der Waals surface area contributed by atoms with Crippen LogP contribution in [0.2, 0.25) is 0 Å². The van der Waals surface area contributed by atoms with Crippen LogP contribution in [0.25, 0.3) is 0 Å². The number of para-hydroxylation sites is 2. The molecule has 0 aliphatic rings. The zero-order valence-electron chi connectivity index (χ0n) is 16.0. The molecule has 0 heterocycles. The summed E-state index contributed by atoms with van der Waals surface area (Å²) in [6, 6.07) is 35.5. The molecule has 0 saturated carbocycles. The van der Waals surface area contributed by atoms with Crippen LogP contribution >= 0.6 is 0 Å². The molecule has 4 aromatic carbocycles. The molecule has 0 bridgehead atoms. The molecule has 0 unspecified atom stereocenters. The highest BCUT2D eigenvalue weighted by molar-refractivity contribution is 5.52. The van der Waals surface area contributed by atoms with Crippen LogP contribution in [0.15, 0.2) is 109 Å². The second-order valence-corrected chi connectivity index (χ2v) is 6.55. The number of hydrogen-bond acceptors (Lipinski definition) is 3. The van der Waals surface area contributed by atoms with Gasteiger partial charge in [-0.1, -0.05) is 84.9 Å². The summed E-state index contributed by atoms with van der Waals surface area (Å²) in [7, 11) is 0. The van der Waals surface area contributed by atoms with Crippen LogP contribution in [0, 0.1) is 0 Å². The Morgan fingerprint density at radius 2 is 0.966 bits per heavy atom. The number of ether oxygens (including phenoxy) is 3. The van der Waals surface area contributed by atoms with Gasteiger partial charge >= 0.3 is 0 Å². The van der Waals surface area contributed by atoms with Crippen molar-refractivity contribution in [3.63, 3.8) is 0 Å². The fourth-order valence-corrected chi connectivity index (χ4v) is 2.91. The molecule has 29 heavy (non-hydrogen) atoms. The summed E-state index contributed by atoms with van der Waals surface area (Å²) in [5.41, 5.74) is 2.17. The molecule has 4 aromatic rings. The summed E-state index contributed by atoms with van der Waals surface area (Å²) in [6.45, 7) is 0.884. The summed E-state index contributed by atoms with van der Waals surface area (Å²) in [4.78, 5) is 0. The van der Waals surface area contributed by atoms with Gasteiger partial charge in [-0.25, -0.2) is 0 Å². The van der Waals surface area contributed by atoms with Gasteiger partial charge in [-0.05, 0) is 35.4 Å². The molecule has 3 heteroatoms. The van der Waals surface area contributed by atoms with Crippen molar-refractivity contribution in [3.8, 4) is 23.0 Å². The van der Waals surface area contributed by atoms with Crippen molar-refractivity contribution in [1.29, 1.82) is 0 Å². The second kappa shape index (κ2) is 9.47. The van der Waals surface area contributed by atoms with Gasteiger partial charge in [0.2, 0.25) is 5.75 Å². The summed E-state index contributed by atoms with van der Waals surface area (Å²) in [5.74, 6) is 2.62. The largest absolute Gasteiger partial charge is 0.485 e. The maximum atomic E-state index is 6.16. The number of benzene rings is 4. The summed E-state index contributed by atoms with van der Waals surface area (Å²) in [5, 5.41) is 0. The van der Waals surface area contributed by atoms with E-state index in [2.05, 4.69) is 0 Å². The van der Waals surface area contributed by atoms with Crippen LogP contribution in [-0.2, 0) is 13.2 Å². The van der Waals surface area contributed by atoms with Gasteiger partial charge in [0.05, 0.1) is 0 Å². The van der Waals surface area contributed by atoms with Gasteiger partial charge in [0.15, 0.2) is 11.5 Å². The lowest BCUT2D eigenvalue weighted by Gasteiger charge is -2.17.